The number of sulfone groups is 1. The first-order valence-corrected chi connectivity index (χ1v) is 12.0. The fraction of sp³-hybridized carbons (Fsp3) is 0.375. The molecule has 0 saturated carbocycles. The minimum atomic E-state index is -2.97. The molecule has 0 unspecified atom stereocenters. The lowest BCUT2D eigenvalue weighted by molar-refractivity contribution is -0.118. The average molecular weight is 412 g/mol. The van der Waals surface area contributed by atoms with Crippen LogP contribution in [-0.2, 0) is 21.1 Å². The van der Waals surface area contributed by atoms with Crippen molar-refractivity contribution in [2.24, 2.45) is 0 Å². The number of hydrogen-bond donors (Lipinski definition) is 0. The molecule has 3 aromatic rings. The lowest BCUT2D eigenvalue weighted by Gasteiger charge is -2.08. The molecule has 2 aromatic carbocycles. The van der Waals surface area contributed by atoms with Crippen LogP contribution in [0, 0.1) is 0 Å². The third kappa shape index (κ3) is 5.57. The maximum Gasteiger partial charge on any atom is 0.152 e. The number of Topliss-reactive ketones (excluding diaryl/α,β-unsaturated/α-hetero) is 1. The van der Waals surface area contributed by atoms with Crippen LogP contribution in [0.1, 0.15) is 45.1 Å². The van der Waals surface area contributed by atoms with Crippen LogP contribution in [0.25, 0.3) is 16.6 Å². The van der Waals surface area contributed by atoms with Gasteiger partial charge >= 0.3 is 0 Å². The van der Waals surface area contributed by atoms with Crippen molar-refractivity contribution in [2.45, 2.75) is 51.2 Å². The van der Waals surface area contributed by atoms with Crippen LogP contribution in [0.4, 0.5) is 0 Å². The molecule has 1 heterocycles. The summed E-state index contributed by atoms with van der Waals surface area (Å²) in [6.07, 6.45) is 5.15. The number of para-hydroxylation sites is 1. The fourth-order valence-corrected chi connectivity index (χ4v) is 4.51. The van der Waals surface area contributed by atoms with Crippen molar-refractivity contribution >= 4 is 26.5 Å². The molecule has 0 bridgehead atoms. The van der Waals surface area contributed by atoms with Crippen LogP contribution in [0.15, 0.2) is 60.8 Å². The summed E-state index contributed by atoms with van der Waals surface area (Å²) in [5.41, 5.74) is 3.25. The predicted octanol–water partition coefficient (Wildman–Crippen LogP) is 5.13. The van der Waals surface area contributed by atoms with Crippen molar-refractivity contribution in [3.05, 3.63) is 66.4 Å². The third-order valence-corrected chi connectivity index (χ3v) is 7.61. The number of fused-ring (bicyclic) bond motifs is 1. The summed E-state index contributed by atoms with van der Waals surface area (Å²) >= 11 is 0. The zero-order chi connectivity index (χ0) is 20.9. The van der Waals surface area contributed by atoms with E-state index in [-0.39, 0.29) is 16.8 Å². The van der Waals surface area contributed by atoms with Gasteiger partial charge in [-0.15, -0.1) is 0 Å². The van der Waals surface area contributed by atoms with Crippen molar-refractivity contribution in [3.63, 3.8) is 0 Å². The normalized spacial score (nSPS) is 12.0. The fourth-order valence-electron chi connectivity index (χ4n) is 3.44. The summed E-state index contributed by atoms with van der Waals surface area (Å²) in [5, 5.41) is 0.879. The largest absolute Gasteiger partial charge is 0.317 e. The van der Waals surface area contributed by atoms with E-state index < -0.39 is 9.84 Å². The van der Waals surface area contributed by atoms with Crippen LogP contribution in [0.2, 0.25) is 0 Å². The number of hydrogen-bond acceptors (Lipinski definition) is 3. The van der Waals surface area contributed by atoms with E-state index in [0.29, 0.717) is 19.3 Å². The van der Waals surface area contributed by atoms with Crippen molar-refractivity contribution in [1.82, 2.24) is 4.57 Å². The summed E-state index contributed by atoms with van der Waals surface area (Å²) in [7, 11) is -2.97. The van der Waals surface area contributed by atoms with Gasteiger partial charge in [0.15, 0.2) is 9.84 Å². The van der Waals surface area contributed by atoms with Gasteiger partial charge in [0.2, 0.25) is 0 Å². The highest BCUT2D eigenvalue weighted by molar-refractivity contribution is 7.91. The van der Waals surface area contributed by atoms with E-state index in [9.17, 15) is 13.2 Å². The van der Waals surface area contributed by atoms with Gasteiger partial charge in [0.05, 0.1) is 16.5 Å². The molecular formula is C24H29NO3S. The van der Waals surface area contributed by atoms with Gasteiger partial charge in [-0.3, -0.25) is 4.79 Å². The first-order chi connectivity index (χ1) is 13.9. The van der Waals surface area contributed by atoms with E-state index >= 15 is 0 Å². The molecule has 0 spiro atoms. The molecule has 0 fully saturated rings. The Hall–Kier alpha value is -2.40. The molecule has 0 aliphatic heterocycles. The van der Waals surface area contributed by atoms with Gasteiger partial charge in [-0.05, 0) is 61.9 Å². The zero-order valence-corrected chi connectivity index (χ0v) is 18.0. The summed E-state index contributed by atoms with van der Waals surface area (Å²) in [6, 6.07) is 18.5. The van der Waals surface area contributed by atoms with Gasteiger partial charge in [-0.1, -0.05) is 36.8 Å². The molecule has 0 aliphatic carbocycles. The molecule has 3 rings (SSSR count). The average Bonchev–Trinajstić information content (AvgIpc) is 3.12. The molecule has 0 N–H and O–H groups in total. The minimum Gasteiger partial charge on any atom is -0.317 e. The molecule has 0 aliphatic rings. The number of rotatable bonds is 10. The second kappa shape index (κ2) is 9.40. The van der Waals surface area contributed by atoms with Crippen LogP contribution in [0.5, 0.6) is 0 Å². The topological polar surface area (TPSA) is 56.1 Å². The standard InChI is InChI=1S/C24H29NO3S/c1-19(2)29(27,28)17-7-3-4-9-23(26)18-20-11-13-22(14-12-20)25-16-15-21-8-5-6-10-24(21)25/h5-6,8,10-16,19H,3-4,7,9,17-18H2,1-2H3. The van der Waals surface area contributed by atoms with E-state index in [2.05, 4.69) is 29.0 Å². The Balaban J connectivity index is 1.48. The molecular weight excluding hydrogens is 382 g/mol. The van der Waals surface area contributed by atoms with E-state index in [4.69, 9.17) is 0 Å². The quantitative estimate of drug-likeness (QED) is 0.435. The van der Waals surface area contributed by atoms with Gasteiger partial charge in [0, 0.05) is 24.7 Å². The van der Waals surface area contributed by atoms with Gasteiger partial charge in [0.25, 0.3) is 0 Å². The van der Waals surface area contributed by atoms with Gasteiger partial charge in [0.1, 0.15) is 5.78 Å². The number of ketones is 1. The highest BCUT2D eigenvalue weighted by Crippen LogP contribution is 2.20. The molecule has 4 nitrogen and oxygen atoms in total. The first kappa shape index (κ1) is 21.3. The first-order valence-electron chi connectivity index (χ1n) is 10.3. The highest BCUT2D eigenvalue weighted by Gasteiger charge is 2.15. The lowest BCUT2D eigenvalue weighted by atomic mass is 10.0. The van der Waals surface area contributed by atoms with Crippen LogP contribution in [-0.4, -0.2) is 29.8 Å². The maximum absolute atomic E-state index is 12.2. The summed E-state index contributed by atoms with van der Waals surface area (Å²) in [6.45, 7) is 3.42. The lowest BCUT2D eigenvalue weighted by Crippen LogP contribution is -2.17. The second-order valence-electron chi connectivity index (χ2n) is 7.85. The maximum atomic E-state index is 12.2. The van der Waals surface area contributed by atoms with E-state index in [0.717, 1.165) is 29.6 Å². The van der Waals surface area contributed by atoms with Crippen molar-refractivity contribution in [1.29, 1.82) is 0 Å². The van der Waals surface area contributed by atoms with Crippen molar-refractivity contribution in [2.75, 3.05) is 5.75 Å². The number of benzene rings is 2. The third-order valence-electron chi connectivity index (χ3n) is 5.32. The SMILES string of the molecule is CC(C)S(=O)(=O)CCCCCC(=O)Cc1ccc(-n2ccc3ccccc32)cc1. The Morgan fingerprint density at radius 2 is 1.66 bits per heavy atom. The number of nitrogens with zero attached hydrogens (tertiary/aromatic N) is 1. The molecule has 29 heavy (non-hydrogen) atoms. The molecule has 0 atom stereocenters. The van der Waals surface area contributed by atoms with Gasteiger partial charge < -0.3 is 4.57 Å². The summed E-state index contributed by atoms with van der Waals surface area (Å²) in [4.78, 5) is 12.2. The number of carbonyl (C=O) groups excluding carboxylic acids is 1. The van der Waals surface area contributed by atoms with Crippen LogP contribution in [0.3, 0.4) is 0 Å². The summed E-state index contributed by atoms with van der Waals surface area (Å²) < 4.78 is 25.7. The Morgan fingerprint density at radius 3 is 2.38 bits per heavy atom. The Bertz CT molecular complexity index is 1060. The second-order valence-corrected chi connectivity index (χ2v) is 10.5. The highest BCUT2D eigenvalue weighted by atomic mass is 32.2. The number of aromatic nitrogens is 1. The molecule has 1 aromatic heterocycles. The van der Waals surface area contributed by atoms with E-state index in [1.807, 2.05) is 36.4 Å². The van der Waals surface area contributed by atoms with Gasteiger partial charge in [-0.25, -0.2) is 8.42 Å². The zero-order valence-electron chi connectivity index (χ0n) is 17.2. The Kier molecular flexibility index (Phi) is 6.91. The minimum absolute atomic E-state index is 0.205. The summed E-state index contributed by atoms with van der Waals surface area (Å²) in [5.74, 6) is 0.421. The molecule has 0 saturated heterocycles. The van der Waals surface area contributed by atoms with Crippen molar-refractivity contribution in [3.8, 4) is 5.69 Å². The smallest absolute Gasteiger partial charge is 0.152 e. The van der Waals surface area contributed by atoms with E-state index in [1.165, 1.54) is 5.39 Å². The van der Waals surface area contributed by atoms with Gasteiger partial charge in [-0.2, -0.15) is 0 Å². The Labute approximate surface area is 173 Å². The predicted molar refractivity (Wildman–Crippen MR) is 119 cm³/mol. The van der Waals surface area contributed by atoms with E-state index in [1.54, 1.807) is 13.8 Å². The molecule has 154 valence electrons. The molecule has 0 radical (unpaired) electrons. The van der Waals surface area contributed by atoms with Crippen LogP contribution < -0.4 is 0 Å². The monoisotopic (exact) mass is 411 g/mol. The molecule has 0 amide bonds. The molecule has 5 heteroatoms. The number of unbranched alkanes of at least 4 members (excludes halogenated alkanes) is 2. The Morgan fingerprint density at radius 1 is 0.931 bits per heavy atom. The number of carbonyl (C=O) groups is 1. The van der Waals surface area contributed by atoms with Crippen molar-refractivity contribution < 1.29 is 13.2 Å². The van der Waals surface area contributed by atoms with Crippen LogP contribution >= 0.6 is 0 Å².